The quantitative estimate of drug-likeness (QED) is 0.613. The number of carbonyl (C=O) groups is 1. The second-order valence-electron chi connectivity index (χ2n) is 6.73. The van der Waals surface area contributed by atoms with Gasteiger partial charge in [0, 0.05) is 36.0 Å². The maximum Gasteiger partial charge on any atom is 0.223 e. The summed E-state index contributed by atoms with van der Waals surface area (Å²) in [4.78, 5) is 18.8. The Labute approximate surface area is 161 Å². The van der Waals surface area contributed by atoms with Gasteiger partial charge in [-0.3, -0.25) is 4.79 Å². The Hall–Kier alpha value is -2.66. The summed E-state index contributed by atoms with van der Waals surface area (Å²) in [6, 6.07) is 12.4. The molecule has 2 heterocycles. The summed E-state index contributed by atoms with van der Waals surface area (Å²) < 4.78 is 16.4. The number of amides is 1. The molecule has 1 fully saturated rings. The van der Waals surface area contributed by atoms with Gasteiger partial charge in [-0.2, -0.15) is 0 Å². The summed E-state index contributed by atoms with van der Waals surface area (Å²) >= 11 is 6.25. The summed E-state index contributed by atoms with van der Waals surface area (Å²) in [6.45, 7) is 5.09. The van der Waals surface area contributed by atoms with Crippen LogP contribution in [0.25, 0.3) is 11.0 Å². The first-order valence-electron chi connectivity index (χ1n) is 8.85. The smallest absolute Gasteiger partial charge is 0.223 e. The van der Waals surface area contributed by atoms with Crippen molar-refractivity contribution in [3.8, 4) is 0 Å². The van der Waals surface area contributed by atoms with Crippen LogP contribution in [-0.2, 0) is 11.3 Å². The Bertz CT molecular complexity index is 1010. The van der Waals surface area contributed by atoms with Gasteiger partial charge >= 0.3 is 0 Å². The highest BCUT2D eigenvalue weighted by Gasteiger charge is 2.33. The van der Waals surface area contributed by atoms with E-state index in [9.17, 15) is 9.18 Å². The molecule has 0 aliphatic carbocycles. The van der Waals surface area contributed by atoms with Crippen LogP contribution in [0.15, 0.2) is 55.1 Å². The van der Waals surface area contributed by atoms with Gasteiger partial charge in [-0.1, -0.05) is 35.9 Å². The molecule has 1 aliphatic heterocycles. The highest BCUT2D eigenvalue weighted by atomic mass is 35.5. The van der Waals surface area contributed by atoms with Crippen molar-refractivity contribution < 1.29 is 9.18 Å². The van der Waals surface area contributed by atoms with Crippen molar-refractivity contribution in [1.82, 2.24) is 14.5 Å². The standard InChI is InChI=1S/C21H19ClFN3O/c1-2-10-25-12-14(11-20(25)27)21-24-18-8-3-4-9-19(18)26(21)13-15-16(22)6-5-7-17(15)23/h2-9,14H,1,10-13H2. The molecule has 138 valence electrons. The molecule has 1 unspecified atom stereocenters. The maximum absolute atomic E-state index is 14.4. The molecule has 0 N–H and O–H groups in total. The van der Waals surface area contributed by atoms with E-state index in [1.165, 1.54) is 6.07 Å². The minimum atomic E-state index is -0.345. The maximum atomic E-state index is 14.4. The first-order valence-corrected chi connectivity index (χ1v) is 9.23. The van der Waals surface area contributed by atoms with Crippen LogP contribution in [0.4, 0.5) is 4.39 Å². The molecule has 4 rings (SSSR count). The molecule has 1 atom stereocenters. The van der Waals surface area contributed by atoms with Crippen molar-refractivity contribution in [2.45, 2.75) is 18.9 Å². The van der Waals surface area contributed by atoms with Gasteiger partial charge in [0.1, 0.15) is 11.6 Å². The van der Waals surface area contributed by atoms with Crippen LogP contribution in [0, 0.1) is 5.82 Å². The lowest BCUT2D eigenvalue weighted by Crippen LogP contribution is -2.25. The lowest BCUT2D eigenvalue weighted by atomic mass is 10.1. The number of rotatable bonds is 5. The third-order valence-electron chi connectivity index (χ3n) is 4.99. The Morgan fingerprint density at radius 1 is 1.26 bits per heavy atom. The normalized spacial score (nSPS) is 17.0. The number of hydrogen-bond acceptors (Lipinski definition) is 2. The van der Waals surface area contributed by atoms with E-state index in [1.807, 2.05) is 28.8 Å². The average Bonchev–Trinajstić information content (AvgIpc) is 3.19. The van der Waals surface area contributed by atoms with E-state index in [4.69, 9.17) is 16.6 Å². The number of nitrogens with zero attached hydrogens (tertiary/aromatic N) is 3. The summed E-state index contributed by atoms with van der Waals surface area (Å²) in [5, 5.41) is 0.384. The first kappa shape index (κ1) is 17.7. The van der Waals surface area contributed by atoms with Gasteiger partial charge in [-0.05, 0) is 24.3 Å². The van der Waals surface area contributed by atoms with Crippen LogP contribution in [-0.4, -0.2) is 33.4 Å². The molecule has 0 bridgehead atoms. The first-order chi connectivity index (χ1) is 13.1. The van der Waals surface area contributed by atoms with E-state index in [0.717, 1.165) is 16.9 Å². The number of fused-ring (bicyclic) bond motifs is 1. The second-order valence-corrected chi connectivity index (χ2v) is 7.14. The molecule has 0 spiro atoms. The number of hydrogen-bond donors (Lipinski definition) is 0. The number of benzene rings is 2. The van der Waals surface area contributed by atoms with Crippen molar-refractivity contribution in [2.75, 3.05) is 13.1 Å². The zero-order valence-corrected chi connectivity index (χ0v) is 15.5. The SMILES string of the molecule is C=CCN1CC(c2nc3ccccc3n2Cc2c(F)cccc2Cl)CC1=O. The number of likely N-dealkylation sites (tertiary alicyclic amines) is 1. The number of imidazole rings is 1. The van der Waals surface area contributed by atoms with Crippen molar-refractivity contribution in [3.05, 3.63) is 77.3 Å². The number of carbonyl (C=O) groups excluding carboxylic acids is 1. The molecule has 1 amide bonds. The van der Waals surface area contributed by atoms with E-state index in [2.05, 4.69) is 6.58 Å². The summed E-state index contributed by atoms with van der Waals surface area (Å²) in [5.74, 6) is 0.482. The van der Waals surface area contributed by atoms with Crippen LogP contribution in [0.1, 0.15) is 23.7 Å². The monoisotopic (exact) mass is 383 g/mol. The van der Waals surface area contributed by atoms with Gasteiger partial charge in [0.05, 0.1) is 17.6 Å². The number of aromatic nitrogens is 2. The largest absolute Gasteiger partial charge is 0.338 e. The van der Waals surface area contributed by atoms with Crippen molar-refractivity contribution in [1.29, 1.82) is 0 Å². The predicted octanol–water partition coefficient (Wildman–Crippen LogP) is 4.38. The fourth-order valence-corrected chi connectivity index (χ4v) is 3.91. The second kappa shape index (κ2) is 7.16. The van der Waals surface area contributed by atoms with Gasteiger partial charge in [0.15, 0.2) is 0 Å². The Morgan fingerprint density at radius 3 is 2.85 bits per heavy atom. The van der Waals surface area contributed by atoms with E-state index in [0.29, 0.717) is 30.1 Å². The highest BCUT2D eigenvalue weighted by molar-refractivity contribution is 6.31. The molecule has 1 aromatic heterocycles. The fourth-order valence-electron chi connectivity index (χ4n) is 3.69. The van der Waals surface area contributed by atoms with E-state index < -0.39 is 0 Å². The molecule has 1 aliphatic rings. The van der Waals surface area contributed by atoms with Crippen LogP contribution < -0.4 is 0 Å². The molecular weight excluding hydrogens is 365 g/mol. The average molecular weight is 384 g/mol. The van der Waals surface area contributed by atoms with Crippen LogP contribution in [0.5, 0.6) is 0 Å². The summed E-state index contributed by atoms with van der Waals surface area (Å²) in [7, 11) is 0. The summed E-state index contributed by atoms with van der Waals surface area (Å²) in [5.41, 5.74) is 2.16. The third kappa shape index (κ3) is 3.23. The topological polar surface area (TPSA) is 38.1 Å². The van der Waals surface area contributed by atoms with Crippen molar-refractivity contribution in [3.63, 3.8) is 0 Å². The molecular formula is C21H19ClFN3O. The van der Waals surface area contributed by atoms with Gasteiger partial charge in [0.25, 0.3) is 0 Å². The molecule has 3 aromatic rings. The molecule has 0 radical (unpaired) electrons. The Kier molecular flexibility index (Phi) is 4.70. The van der Waals surface area contributed by atoms with Gasteiger partial charge in [0.2, 0.25) is 5.91 Å². The number of para-hydroxylation sites is 2. The van der Waals surface area contributed by atoms with E-state index >= 15 is 0 Å². The molecule has 27 heavy (non-hydrogen) atoms. The molecule has 4 nitrogen and oxygen atoms in total. The Morgan fingerprint density at radius 2 is 2.07 bits per heavy atom. The minimum absolute atomic E-state index is 0.0459. The van der Waals surface area contributed by atoms with E-state index in [1.54, 1.807) is 23.1 Å². The van der Waals surface area contributed by atoms with Crippen LogP contribution >= 0.6 is 11.6 Å². The molecule has 6 heteroatoms. The van der Waals surface area contributed by atoms with Gasteiger partial charge in [-0.25, -0.2) is 9.37 Å². The summed E-state index contributed by atoms with van der Waals surface area (Å²) in [6.07, 6.45) is 2.12. The minimum Gasteiger partial charge on any atom is -0.338 e. The predicted molar refractivity (Wildman–Crippen MR) is 104 cm³/mol. The van der Waals surface area contributed by atoms with Gasteiger partial charge < -0.3 is 9.47 Å². The molecule has 1 saturated heterocycles. The third-order valence-corrected chi connectivity index (χ3v) is 5.35. The fraction of sp³-hybridized carbons (Fsp3) is 0.238. The Balaban J connectivity index is 1.79. The lowest BCUT2D eigenvalue weighted by molar-refractivity contribution is -0.127. The van der Waals surface area contributed by atoms with Crippen LogP contribution in [0.3, 0.4) is 0 Å². The van der Waals surface area contributed by atoms with E-state index in [-0.39, 0.29) is 24.2 Å². The number of halogens is 2. The zero-order valence-electron chi connectivity index (χ0n) is 14.7. The molecule has 0 saturated carbocycles. The lowest BCUT2D eigenvalue weighted by Gasteiger charge is -2.16. The zero-order chi connectivity index (χ0) is 19.0. The van der Waals surface area contributed by atoms with Crippen molar-refractivity contribution in [2.24, 2.45) is 0 Å². The van der Waals surface area contributed by atoms with Crippen molar-refractivity contribution >= 4 is 28.5 Å². The molecule has 2 aromatic carbocycles. The van der Waals surface area contributed by atoms with Gasteiger partial charge in [-0.15, -0.1) is 6.58 Å². The van der Waals surface area contributed by atoms with Crippen LogP contribution in [0.2, 0.25) is 5.02 Å². The highest BCUT2D eigenvalue weighted by Crippen LogP contribution is 2.32.